The van der Waals surface area contributed by atoms with Gasteiger partial charge >= 0.3 is 0 Å². The maximum Gasteiger partial charge on any atom is 0.274 e. The normalized spacial score (nSPS) is 16.1. The quantitative estimate of drug-likeness (QED) is 0.188. The molecule has 0 spiro atoms. The molecule has 0 atom stereocenters. The molecular weight excluding hydrogens is 507 g/mol. The van der Waals surface area contributed by atoms with E-state index < -0.39 is 4.08 Å². The van der Waals surface area contributed by atoms with Gasteiger partial charge in [0.25, 0.3) is 5.91 Å². The van der Waals surface area contributed by atoms with Crippen LogP contribution in [-0.2, 0) is 4.79 Å². The summed E-state index contributed by atoms with van der Waals surface area (Å²) in [6.07, 6.45) is 8.97. The number of unbranched alkanes of at least 4 members (excludes halogenated alkanes) is 1. The Kier molecular flexibility index (Phi) is 9.98. The molecule has 1 fully saturated rings. The predicted octanol–water partition coefficient (Wildman–Crippen LogP) is 6.17. The average Bonchev–Trinajstić information content (AvgIpc) is 3.25. The zero-order valence-electron chi connectivity index (χ0n) is 18.0. The number of amides is 1. The molecule has 1 aromatic carbocycles. The highest BCUT2D eigenvalue weighted by molar-refractivity contribution is 8.20. The van der Waals surface area contributed by atoms with Crippen LogP contribution in [0.1, 0.15) is 25.7 Å². The number of aromatic nitrogens is 2. The number of hydrogen-bond donors (Lipinski definition) is 1. The zero-order chi connectivity index (χ0) is 23.0. The molecule has 0 aliphatic carbocycles. The molecule has 0 radical (unpaired) electrons. The molecule has 0 unspecified atom stereocenters. The Balaban J connectivity index is 1.79. The minimum Gasteiger partial charge on any atom is -0.494 e. The van der Waals surface area contributed by atoms with Crippen molar-refractivity contribution in [3.05, 3.63) is 35.9 Å². The molecule has 2 heterocycles. The van der Waals surface area contributed by atoms with E-state index in [1.54, 1.807) is 47.7 Å². The van der Waals surface area contributed by atoms with Crippen molar-refractivity contribution in [1.29, 1.82) is 0 Å². The Morgan fingerprint density at radius 2 is 2.16 bits per heavy atom. The van der Waals surface area contributed by atoms with Gasteiger partial charge in [0.15, 0.2) is 5.17 Å². The van der Waals surface area contributed by atoms with Gasteiger partial charge in [0.2, 0.25) is 0 Å². The number of rotatable bonds is 8. The number of ether oxygens (including phenoxy) is 1. The number of hydrogen-bond acceptors (Lipinski definition) is 6. The fourth-order valence-electron chi connectivity index (χ4n) is 3.23. The number of aliphatic imine (C=N–C) groups is 1. The molecule has 1 saturated heterocycles. The van der Waals surface area contributed by atoms with Crippen molar-refractivity contribution >= 4 is 75.2 Å². The van der Waals surface area contributed by atoms with Crippen LogP contribution >= 0.6 is 58.5 Å². The van der Waals surface area contributed by atoms with E-state index in [9.17, 15) is 4.79 Å². The molecule has 174 valence electrons. The number of amidine groups is 1. The van der Waals surface area contributed by atoms with E-state index in [4.69, 9.17) is 27.9 Å². The van der Waals surface area contributed by atoms with E-state index in [0.717, 1.165) is 48.6 Å². The third-order valence-corrected chi connectivity index (χ3v) is 9.26. The summed E-state index contributed by atoms with van der Waals surface area (Å²) >= 11 is 16.7. The fraction of sp³-hybridized carbons (Fsp3) is 0.476. The third-order valence-electron chi connectivity index (χ3n) is 4.83. The third kappa shape index (κ3) is 6.53. The first-order valence-corrected chi connectivity index (χ1v) is 14.3. The highest BCUT2D eigenvalue weighted by atomic mass is 35.5. The smallest absolute Gasteiger partial charge is 0.274 e. The van der Waals surface area contributed by atoms with Crippen LogP contribution in [0.5, 0.6) is 5.75 Å². The lowest BCUT2D eigenvalue weighted by molar-refractivity contribution is -0.118. The van der Waals surface area contributed by atoms with E-state index in [-0.39, 0.29) is 5.91 Å². The number of carbonyl (C=O) groups excluding carboxylic acids is 1. The molecule has 0 bridgehead atoms. The topological polar surface area (TPSA) is 68.5 Å². The SMILES string of the molecule is COc1cc(NC(=NC(=O)C2(CCCCCl)SCCCS2)SC)ccc1-n1cnc(Cl)c1. The number of methoxy groups -OCH3 is 1. The molecule has 1 aliphatic heterocycles. The van der Waals surface area contributed by atoms with Crippen molar-refractivity contribution in [1.82, 2.24) is 9.55 Å². The van der Waals surface area contributed by atoms with Crippen LogP contribution in [0.4, 0.5) is 5.69 Å². The van der Waals surface area contributed by atoms with Crippen LogP contribution in [-0.4, -0.2) is 55.5 Å². The monoisotopic (exact) mass is 532 g/mol. The fourth-order valence-corrected chi connectivity index (χ4v) is 7.13. The van der Waals surface area contributed by atoms with Crippen LogP contribution < -0.4 is 10.1 Å². The van der Waals surface area contributed by atoms with E-state index in [1.807, 2.05) is 24.5 Å². The van der Waals surface area contributed by atoms with Gasteiger partial charge in [-0.3, -0.25) is 4.79 Å². The molecule has 0 saturated carbocycles. The number of nitrogens with zero attached hydrogens (tertiary/aromatic N) is 3. The largest absolute Gasteiger partial charge is 0.494 e. The number of thioether (sulfide) groups is 3. The Morgan fingerprint density at radius 3 is 2.78 bits per heavy atom. The molecule has 1 aromatic heterocycles. The van der Waals surface area contributed by atoms with Crippen LogP contribution in [0.2, 0.25) is 5.15 Å². The summed E-state index contributed by atoms with van der Waals surface area (Å²) < 4.78 is 6.82. The molecule has 1 aliphatic rings. The Bertz CT molecular complexity index is 949. The van der Waals surface area contributed by atoms with Crippen molar-refractivity contribution in [2.45, 2.75) is 29.8 Å². The van der Waals surface area contributed by atoms with Crippen LogP contribution in [0, 0.1) is 0 Å². The maximum absolute atomic E-state index is 13.3. The van der Waals surface area contributed by atoms with Crippen LogP contribution in [0.15, 0.2) is 35.7 Å². The van der Waals surface area contributed by atoms with Crippen molar-refractivity contribution < 1.29 is 9.53 Å². The first-order valence-electron chi connectivity index (χ1n) is 10.2. The number of anilines is 1. The number of nitrogens with one attached hydrogen (secondary N) is 1. The van der Waals surface area contributed by atoms with Crippen molar-refractivity contribution in [3.63, 3.8) is 0 Å². The van der Waals surface area contributed by atoms with Gasteiger partial charge in [-0.15, -0.1) is 35.1 Å². The molecule has 32 heavy (non-hydrogen) atoms. The van der Waals surface area contributed by atoms with Crippen molar-refractivity contribution in [2.24, 2.45) is 4.99 Å². The van der Waals surface area contributed by atoms with Crippen LogP contribution in [0.3, 0.4) is 0 Å². The summed E-state index contributed by atoms with van der Waals surface area (Å²) in [5.41, 5.74) is 1.59. The molecule has 3 rings (SSSR count). The summed E-state index contributed by atoms with van der Waals surface area (Å²) in [4.78, 5) is 21.8. The minimum atomic E-state index is -0.519. The number of alkyl halides is 1. The molecule has 1 N–H and O–H groups in total. The molecule has 1 amide bonds. The summed E-state index contributed by atoms with van der Waals surface area (Å²) in [5, 5.41) is 4.22. The zero-order valence-corrected chi connectivity index (χ0v) is 21.9. The second kappa shape index (κ2) is 12.5. The number of benzene rings is 1. The van der Waals surface area contributed by atoms with E-state index in [0.29, 0.717) is 22.0 Å². The summed E-state index contributed by atoms with van der Waals surface area (Å²) in [6, 6.07) is 5.67. The van der Waals surface area contributed by atoms with E-state index in [2.05, 4.69) is 15.3 Å². The summed E-state index contributed by atoms with van der Waals surface area (Å²) in [5.74, 6) is 3.13. The van der Waals surface area contributed by atoms with Gasteiger partial charge < -0.3 is 14.6 Å². The van der Waals surface area contributed by atoms with Gasteiger partial charge in [-0.05, 0) is 55.6 Å². The minimum absolute atomic E-state index is 0.0877. The van der Waals surface area contributed by atoms with E-state index in [1.165, 1.54) is 11.8 Å². The van der Waals surface area contributed by atoms with Gasteiger partial charge in [-0.1, -0.05) is 23.4 Å². The van der Waals surface area contributed by atoms with Crippen molar-refractivity contribution in [2.75, 3.05) is 36.1 Å². The summed E-state index contributed by atoms with van der Waals surface area (Å²) in [7, 11) is 1.61. The van der Waals surface area contributed by atoms with Gasteiger partial charge in [-0.25, -0.2) is 4.98 Å². The second-order valence-electron chi connectivity index (χ2n) is 6.99. The average molecular weight is 534 g/mol. The number of halogens is 2. The van der Waals surface area contributed by atoms with E-state index >= 15 is 0 Å². The summed E-state index contributed by atoms with van der Waals surface area (Å²) in [6.45, 7) is 0. The van der Waals surface area contributed by atoms with Gasteiger partial charge in [-0.2, -0.15) is 4.99 Å². The maximum atomic E-state index is 13.3. The van der Waals surface area contributed by atoms with Gasteiger partial charge in [0.05, 0.1) is 12.8 Å². The first kappa shape index (κ1) is 25.6. The highest BCUT2D eigenvalue weighted by Crippen LogP contribution is 2.47. The number of carbonyl (C=O) groups is 1. The molecular formula is C21H26Cl2N4O2S3. The second-order valence-corrected chi connectivity index (χ2v) is 11.6. The van der Waals surface area contributed by atoms with Gasteiger partial charge in [0.1, 0.15) is 21.3 Å². The Hall–Kier alpha value is -1.00. The molecule has 6 nitrogen and oxygen atoms in total. The lowest BCUT2D eigenvalue weighted by Crippen LogP contribution is -2.34. The molecule has 2 aromatic rings. The standard InChI is InChI=1S/C21H26Cl2N4O2S3/c1-29-17-12-15(6-7-16(17)27-13-18(23)24-14-27)25-20(30-2)26-19(28)21(8-3-4-9-22)31-10-5-11-32-21/h6-7,12-14H,3-5,8-11H2,1-2H3,(H,25,26,28). The van der Waals surface area contributed by atoms with Crippen molar-refractivity contribution in [3.8, 4) is 11.4 Å². The van der Waals surface area contributed by atoms with Crippen LogP contribution in [0.25, 0.3) is 5.69 Å². The highest BCUT2D eigenvalue weighted by Gasteiger charge is 2.41. The Morgan fingerprint density at radius 1 is 1.38 bits per heavy atom. The predicted molar refractivity (Wildman–Crippen MR) is 142 cm³/mol. The molecule has 11 heteroatoms. The lowest BCUT2D eigenvalue weighted by atomic mass is 10.2. The number of imidazole rings is 1. The Labute approximate surface area is 211 Å². The first-order chi connectivity index (χ1) is 15.5. The lowest BCUT2D eigenvalue weighted by Gasteiger charge is -2.33. The van der Waals surface area contributed by atoms with Gasteiger partial charge in [0, 0.05) is 23.8 Å².